The van der Waals surface area contributed by atoms with Crippen molar-refractivity contribution in [3.05, 3.63) is 0 Å². The normalized spacial score (nSPS) is 54.2. The van der Waals surface area contributed by atoms with Crippen LogP contribution in [0.15, 0.2) is 0 Å². The summed E-state index contributed by atoms with van der Waals surface area (Å²) >= 11 is 0. The van der Waals surface area contributed by atoms with Gasteiger partial charge in [0.05, 0.1) is 0 Å². The molecule has 1 N–H and O–H groups in total. The Bertz CT molecular complexity index is 283. The first kappa shape index (κ1) is 11.8. The van der Waals surface area contributed by atoms with Crippen molar-refractivity contribution in [1.82, 2.24) is 5.32 Å². The Kier molecular flexibility index (Phi) is 2.94. The molecule has 1 nitrogen and oxygen atoms in total. The van der Waals surface area contributed by atoms with E-state index in [0.717, 1.165) is 41.5 Å². The van der Waals surface area contributed by atoms with Gasteiger partial charge in [0.1, 0.15) is 0 Å². The van der Waals surface area contributed by atoms with Crippen molar-refractivity contribution in [2.45, 2.75) is 64.3 Å². The molecule has 0 radical (unpaired) electrons. The fraction of sp³-hybridized carbons (Fsp3) is 1.00. The lowest BCUT2D eigenvalue weighted by Gasteiger charge is -2.54. The summed E-state index contributed by atoms with van der Waals surface area (Å²) in [7, 11) is 0. The molecule has 5 fully saturated rings. The maximum Gasteiger partial charge on any atom is 0.0124 e. The molecule has 0 amide bonds. The van der Waals surface area contributed by atoms with Crippen LogP contribution in [0.4, 0.5) is 0 Å². The van der Waals surface area contributed by atoms with Gasteiger partial charge in [-0.05, 0) is 87.0 Å². The smallest absolute Gasteiger partial charge is 0.0124 e. The van der Waals surface area contributed by atoms with Gasteiger partial charge in [-0.2, -0.15) is 0 Å². The minimum Gasteiger partial charge on any atom is -0.313 e. The molecule has 2 unspecified atom stereocenters. The molecule has 0 heterocycles. The van der Waals surface area contributed by atoms with E-state index in [4.69, 9.17) is 0 Å². The number of hydrogen-bond donors (Lipinski definition) is 1. The third-order valence-electron chi connectivity index (χ3n) is 6.67. The van der Waals surface area contributed by atoms with Gasteiger partial charge in [0.15, 0.2) is 0 Å². The van der Waals surface area contributed by atoms with Gasteiger partial charge in [0, 0.05) is 6.04 Å². The monoisotopic (exact) mass is 247 g/mol. The van der Waals surface area contributed by atoms with E-state index in [-0.39, 0.29) is 0 Å². The lowest BCUT2D eigenvalue weighted by molar-refractivity contribution is -0.0147. The average molecular weight is 247 g/mol. The van der Waals surface area contributed by atoms with Crippen molar-refractivity contribution in [2.75, 3.05) is 6.54 Å². The van der Waals surface area contributed by atoms with Crippen molar-refractivity contribution in [3.8, 4) is 0 Å². The summed E-state index contributed by atoms with van der Waals surface area (Å²) in [5, 5.41) is 4.03. The summed E-state index contributed by atoms with van der Waals surface area (Å²) < 4.78 is 0. The molecule has 2 atom stereocenters. The van der Waals surface area contributed by atoms with Gasteiger partial charge < -0.3 is 5.32 Å². The molecule has 5 aliphatic rings. The van der Waals surface area contributed by atoms with Gasteiger partial charge >= 0.3 is 0 Å². The molecule has 0 aromatic heterocycles. The van der Waals surface area contributed by atoms with Crippen LogP contribution in [0.5, 0.6) is 0 Å². The van der Waals surface area contributed by atoms with Crippen LogP contribution in [0.2, 0.25) is 0 Å². The Morgan fingerprint density at radius 1 is 0.833 bits per heavy atom. The Hall–Kier alpha value is -0.0400. The summed E-state index contributed by atoms with van der Waals surface area (Å²) in [5.41, 5.74) is 0. The predicted octanol–water partition coefficient (Wildman–Crippen LogP) is 3.84. The minimum absolute atomic E-state index is 0.911. The van der Waals surface area contributed by atoms with Gasteiger partial charge in [-0.3, -0.25) is 0 Å². The molecule has 102 valence electrons. The highest BCUT2D eigenvalue weighted by Crippen LogP contribution is 2.53. The molecule has 0 aromatic carbocycles. The van der Waals surface area contributed by atoms with Crippen LogP contribution in [0.25, 0.3) is 0 Å². The number of nitrogens with one attached hydrogen (secondary N) is 1. The zero-order valence-corrected chi connectivity index (χ0v) is 11.9. The molecule has 5 aliphatic carbocycles. The molecule has 0 spiro atoms. The Balaban J connectivity index is 1.35. The molecular formula is C17H29N. The maximum atomic E-state index is 4.03. The van der Waals surface area contributed by atoms with E-state index in [9.17, 15) is 0 Å². The second kappa shape index (κ2) is 4.51. The third-order valence-corrected chi connectivity index (χ3v) is 6.67. The largest absolute Gasteiger partial charge is 0.313 e. The molecule has 0 saturated heterocycles. The molecule has 5 saturated carbocycles. The number of hydrogen-bond acceptors (Lipinski definition) is 1. The summed E-state index contributed by atoms with van der Waals surface area (Å²) in [6.45, 7) is 3.76. The van der Waals surface area contributed by atoms with E-state index in [2.05, 4.69) is 12.2 Å². The van der Waals surface area contributed by atoms with Crippen molar-refractivity contribution >= 4 is 0 Å². The van der Waals surface area contributed by atoms with Gasteiger partial charge in [0.25, 0.3) is 0 Å². The summed E-state index contributed by atoms with van der Waals surface area (Å²) in [4.78, 5) is 0. The standard InChI is InChI=1S/C17H29N/c1-11-2-3-12(4-11)10-18-17-15-6-13-5-14(8-15)9-16(17)7-13/h11-18H,2-10H2,1H3. The topological polar surface area (TPSA) is 12.0 Å². The van der Waals surface area contributed by atoms with E-state index in [1.54, 1.807) is 32.1 Å². The fourth-order valence-electron chi connectivity index (χ4n) is 6.07. The zero-order valence-electron chi connectivity index (χ0n) is 11.9. The first-order valence-corrected chi connectivity index (χ1v) is 8.51. The van der Waals surface area contributed by atoms with E-state index < -0.39 is 0 Å². The van der Waals surface area contributed by atoms with Crippen molar-refractivity contribution in [3.63, 3.8) is 0 Å². The molecule has 0 aromatic rings. The Morgan fingerprint density at radius 3 is 2.06 bits per heavy atom. The van der Waals surface area contributed by atoms with E-state index in [0.29, 0.717) is 0 Å². The van der Waals surface area contributed by atoms with Gasteiger partial charge in [-0.1, -0.05) is 13.3 Å². The van der Waals surface area contributed by atoms with Crippen LogP contribution in [0.3, 0.4) is 0 Å². The lowest BCUT2D eigenvalue weighted by Crippen LogP contribution is -2.55. The van der Waals surface area contributed by atoms with Gasteiger partial charge in [-0.15, -0.1) is 0 Å². The second-order valence-electron chi connectivity index (χ2n) is 8.15. The van der Waals surface area contributed by atoms with Crippen molar-refractivity contribution in [2.24, 2.45) is 35.5 Å². The van der Waals surface area contributed by atoms with E-state index >= 15 is 0 Å². The van der Waals surface area contributed by atoms with Gasteiger partial charge in [0.2, 0.25) is 0 Å². The highest BCUT2D eigenvalue weighted by Gasteiger charge is 2.47. The lowest BCUT2D eigenvalue weighted by atomic mass is 9.54. The fourth-order valence-corrected chi connectivity index (χ4v) is 6.07. The van der Waals surface area contributed by atoms with Crippen LogP contribution in [-0.4, -0.2) is 12.6 Å². The Morgan fingerprint density at radius 2 is 1.50 bits per heavy atom. The predicted molar refractivity (Wildman–Crippen MR) is 75.3 cm³/mol. The maximum absolute atomic E-state index is 4.03. The first-order valence-electron chi connectivity index (χ1n) is 8.51. The number of rotatable bonds is 3. The highest BCUT2D eigenvalue weighted by molar-refractivity contribution is 5.01. The summed E-state index contributed by atoms with van der Waals surface area (Å²) in [6.07, 6.45) is 12.3. The Labute approximate surface area is 112 Å². The van der Waals surface area contributed by atoms with Crippen LogP contribution in [-0.2, 0) is 0 Å². The van der Waals surface area contributed by atoms with E-state index in [1.807, 2.05) is 0 Å². The van der Waals surface area contributed by atoms with Crippen molar-refractivity contribution in [1.29, 1.82) is 0 Å². The molecular weight excluding hydrogens is 218 g/mol. The molecule has 1 heteroatoms. The second-order valence-corrected chi connectivity index (χ2v) is 8.15. The zero-order chi connectivity index (χ0) is 12.1. The van der Waals surface area contributed by atoms with Crippen LogP contribution in [0.1, 0.15) is 58.3 Å². The van der Waals surface area contributed by atoms with Crippen LogP contribution in [0, 0.1) is 35.5 Å². The van der Waals surface area contributed by atoms with Crippen LogP contribution < -0.4 is 5.32 Å². The summed E-state index contributed by atoms with van der Waals surface area (Å²) in [5.74, 6) is 6.35. The SMILES string of the molecule is CC1CCC(CNC2C3CC4CC(C3)CC2C4)C1. The average Bonchev–Trinajstić information content (AvgIpc) is 2.73. The molecule has 18 heavy (non-hydrogen) atoms. The van der Waals surface area contributed by atoms with Gasteiger partial charge in [-0.25, -0.2) is 0 Å². The van der Waals surface area contributed by atoms with Crippen LogP contribution >= 0.6 is 0 Å². The highest BCUT2D eigenvalue weighted by atomic mass is 14.9. The quantitative estimate of drug-likeness (QED) is 0.799. The first-order chi connectivity index (χ1) is 8.78. The molecule has 0 aliphatic heterocycles. The molecule has 5 rings (SSSR count). The van der Waals surface area contributed by atoms with Crippen molar-refractivity contribution < 1.29 is 0 Å². The molecule has 4 bridgehead atoms. The van der Waals surface area contributed by atoms with E-state index in [1.165, 1.54) is 25.8 Å². The minimum atomic E-state index is 0.911. The summed E-state index contributed by atoms with van der Waals surface area (Å²) in [6, 6.07) is 0.911. The third kappa shape index (κ3) is 2.03.